The standard InChI is InChI=1S/C50H79NO7/c1-6-8-10-12-14-16-18-20-21-22-23-24-25-26-27-29-31-33-35-37-39-41-49(53)58-46(44-56-43-42-47(50(54)55)51(3,4)5)45-57-48(52)40-38-36-34-32-30-28-19-17-15-13-11-9-7-2/h8-11,13-17,19-21,23-24,26-27,31,33,46-47H,6-7,12,18,22,25,28-30,32,34-45H2,1-5H3/b10-8+,11-9+,15-13+,16-14+,19-17+,21-20+,24-23+,27-26+,33-31+. The number of carboxylic acids is 1. The number of nitrogens with zero attached hydrogens (tertiary/aromatic N) is 1. The minimum Gasteiger partial charge on any atom is -0.544 e. The summed E-state index contributed by atoms with van der Waals surface area (Å²) in [7, 11) is 5.37. The van der Waals surface area contributed by atoms with Crippen LogP contribution in [-0.2, 0) is 28.6 Å². The second-order valence-electron chi connectivity index (χ2n) is 15.2. The fourth-order valence-electron chi connectivity index (χ4n) is 5.60. The topological polar surface area (TPSA) is 102 Å². The van der Waals surface area contributed by atoms with Crippen molar-refractivity contribution in [3.63, 3.8) is 0 Å². The zero-order chi connectivity index (χ0) is 42.8. The van der Waals surface area contributed by atoms with Gasteiger partial charge in [-0.25, -0.2) is 0 Å². The van der Waals surface area contributed by atoms with Crippen LogP contribution < -0.4 is 5.11 Å². The molecule has 0 aliphatic rings. The third kappa shape index (κ3) is 37.6. The fraction of sp³-hybridized carbons (Fsp3) is 0.580. The molecule has 58 heavy (non-hydrogen) atoms. The number of carbonyl (C=O) groups excluding carboxylic acids is 3. The van der Waals surface area contributed by atoms with Crippen LogP contribution in [0.4, 0.5) is 0 Å². The van der Waals surface area contributed by atoms with Crippen molar-refractivity contribution < 1.29 is 38.2 Å². The van der Waals surface area contributed by atoms with Crippen molar-refractivity contribution in [2.45, 2.75) is 148 Å². The molecule has 0 radical (unpaired) electrons. The van der Waals surface area contributed by atoms with E-state index < -0.39 is 18.1 Å². The third-order valence-corrected chi connectivity index (χ3v) is 8.97. The first-order valence-corrected chi connectivity index (χ1v) is 21.9. The zero-order valence-corrected chi connectivity index (χ0v) is 36.9. The average molecular weight is 806 g/mol. The molecule has 0 saturated carbocycles. The maximum Gasteiger partial charge on any atom is 0.306 e. The van der Waals surface area contributed by atoms with Gasteiger partial charge in [-0.15, -0.1) is 0 Å². The van der Waals surface area contributed by atoms with Gasteiger partial charge in [0, 0.05) is 19.3 Å². The molecule has 0 spiro atoms. The van der Waals surface area contributed by atoms with Gasteiger partial charge >= 0.3 is 11.9 Å². The van der Waals surface area contributed by atoms with Crippen LogP contribution in [0.15, 0.2) is 109 Å². The van der Waals surface area contributed by atoms with Crippen molar-refractivity contribution in [2.75, 3.05) is 41.0 Å². The first-order chi connectivity index (χ1) is 28.1. The number of aliphatic carboxylic acids is 1. The van der Waals surface area contributed by atoms with E-state index in [0.29, 0.717) is 12.8 Å². The minimum atomic E-state index is -1.14. The molecule has 0 aromatic heterocycles. The maximum atomic E-state index is 12.7. The Bertz CT molecular complexity index is 1310. The van der Waals surface area contributed by atoms with Crippen molar-refractivity contribution in [1.82, 2.24) is 0 Å². The number of carboxylic acid groups (broad SMARTS) is 1. The molecule has 2 atom stereocenters. The van der Waals surface area contributed by atoms with Gasteiger partial charge in [-0.2, -0.15) is 0 Å². The van der Waals surface area contributed by atoms with Crippen LogP contribution in [0.3, 0.4) is 0 Å². The van der Waals surface area contributed by atoms with Crippen LogP contribution in [0.5, 0.6) is 0 Å². The SMILES string of the molecule is CC/C=C/C=C/C=C/CCCCCCCC(=O)OCC(COCCC(C(=O)[O-])[N+](C)(C)C)OC(=O)CCCC/C=C/C/C=C/C/C=C/C/C=C/C/C=C/C/C=C/CC. The van der Waals surface area contributed by atoms with Crippen LogP contribution in [0.1, 0.15) is 136 Å². The predicted molar refractivity (Wildman–Crippen MR) is 240 cm³/mol. The van der Waals surface area contributed by atoms with Crippen molar-refractivity contribution in [3.8, 4) is 0 Å². The first kappa shape index (κ1) is 54.0. The summed E-state index contributed by atoms with van der Waals surface area (Å²) in [5, 5.41) is 11.6. The Kier molecular flexibility index (Phi) is 37.0. The molecule has 0 N–H and O–H groups in total. The molecule has 0 aliphatic carbocycles. The number of rotatable bonds is 37. The van der Waals surface area contributed by atoms with Crippen LogP contribution in [-0.4, -0.2) is 75.5 Å². The van der Waals surface area contributed by atoms with E-state index in [0.717, 1.165) is 96.3 Å². The lowest BCUT2D eigenvalue weighted by Crippen LogP contribution is -2.55. The quantitative estimate of drug-likeness (QED) is 0.0203. The molecule has 0 heterocycles. The normalized spacial score (nSPS) is 14.0. The van der Waals surface area contributed by atoms with Gasteiger partial charge in [-0.1, -0.05) is 142 Å². The summed E-state index contributed by atoms with van der Waals surface area (Å²) in [5.74, 6) is -1.84. The summed E-state index contributed by atoms with van der Waals surface area (Å²) >= 11 is 0. The van der Waals surface area contributed by atoms with Crippen molar-refractivity contribution in [1.29, 1.82) is 0 Å². The Balaban J connectivity index is 4.48. The molecule has 2 unspecified atom stereocenters. The molecule has 8 nitrogen and oxygen atoms in total. The second-order valence-corrected chi connectivity index (χ2v) is 15.2. The number of likely N-dealkylation sites (N-methyl/N-ethyl adjacent to an activating group) is 1. The van der Waals surface area contributed by atoms with Gasteiger partial charge in [0.2, 0.25) is 0 Å². The number of quaternary nitrogens is 1. The molecule has 0 aromatic rings. The number of unbranched alkanes of at least 4 members (excludes halogenated alkanes) is 7. The summed E-state index contributed by atoms with van der Waals surface area (Å²) in [6.07, 6.45) is 54.0. The Labute approximate surface area is 353 Å². The molecule has 0 saturated heterocycles. The van der Waals surface area contributed by atoms with Gasteiger partial charge in [-0.05, 0) is 83.5 Å². The summed E-state index contributed by atoms with van der Waals surface area (Å²) in [4.78, 5) is 36.8. The Morgan fingerprint density at radius 2 is 1.00 bits per heavy atom. The fourth-order valence-corrected chi connectivity index (χ4v) is 5.60. The number of allylic oxidation sites excluding steroid dienone is 18. The molecule has 0 rings (SSSR count). The van der Waals surface area contributed by atoms with Gasteiger partial charge in [0.25, 0.3) is 0 Å². The Morgan fingerprint density at radius 3 is 1.57 bits per heavy atom. The molecular weight excluding hydrogens is 727 g/mol. The monoisotopic (exact) mass is 806 g/mol. The average Bonchev–Trinajstić information content (AvgIpc) is 3.18. The van der Waals surface area contributed by atoms with E-state index >= 15 is 0 Å². The van der Waals surface area contributed by atoms with Crippen LogP contribution in [0, 0.1) is 0 Å². The minimum absolute atomic E-state index is 0.00808. The third-order valence-electron chi connectivity index (χ3n) is 8.97. The lowest BCUT2D eigenvalue weighted by molar-refractivity contribution is -0.889. The lowest BCUT2D eigenvalue weighted by Gasteiger charge is -2.34. The van der Waals surface area contributed by atoms with Gasteiger partial charge in [0.15, 0.2) is 6.10 Å². The van der Waals surface area contributed by atoms with Crippen molar-refractivity contribution >= 4 is 17.9 Å². The lowest BCUT2D eigenvalue weighted by atomic mass is 10.1. The largest absolute Gasteiger partial charge is 0.544 e. The summed E-state index contributed by atoms with van der Waals surface area (Å²) in [6, 6.07) is -0.744. The van der Waals surface area contributed by atoms with Gasteiger partial charge in [0.1, 0.15) is 12.6 Å². The number of hydrogen-bond donors (Lipinski definition) is 0. The second kappa shape index (κ2) is 39.8. The molecule has 0 amide bonds. The number of ether oxygens (including phenoxy) is 3. The van der Waals surface area contributed by atoms with Gasteiger partial charge < -0.3 is 28.6 Å². The van der Waals surface area contributed by atoms with E-state index in [2.05, 4.69) is 111 Å². The van der Waals surface area contributed by atoms with Crippen molar-refractivity contribution in [2.24, 2.45) is 0 Å². The maximum absolute atomic E-state index is 12.7. The van der Waals surface area contributed by atoms with Gasteiger partial charge in [0.05, 0.1) is 40.3 Å². The highest BCUT2D eigenvalue weighted by Crippen LogP contribution is 2.11. The summed E-state index contributed by atoms with van der Waals surface area (Å²) in [5.41, 5.74) is 0. The van der Waals surface area contributed by atoms with E-state index in [1.165, 1.54) is 0 Å². The van der Waals surface area contributed by atoms with E-state index in [1.54, 1.807) is 21.1 Å². The zero-order valence-electron chi connectivity index (χ0n) is 36.9. The number of esters is 2. The van der Waals surface area contributed by atoms with E-state index in [-0.39, 0.29) is 49.1 Å². The molecule has 0 aliphatic heterocycles. The molecule has 0 aromatic carbocycles. The number of carbonyl (C=O) groups is 3. The Hall–Kier alpha value is -4.01. The highest BCUT2D eigenvalue weighted by molar-refractivity contribution is 5.70. The highest BCUT2D eigenvalue weighted by Gasteiger charge is 2.25. The van der Waals surface area contributed by atoms with E-state index in [9.17, 15) is 19.5 Å². The first-order valence-electron chi connectivity index (χ1n) is 21.9. The molecular formula is C50H79NO7. The smallest absolute Gasteiger partial charge is 0.306 e. The molecule has 0 fully saturated rings. The summed E-state index contributed by atoms with van der Waals surface area (Å²) in [6.45, 7) is 4.31. The molecule has 326 valence electrons. The molecule has 0 bridgehead atoms. The van der Waals surface area contributed by atoms with Gasteiger partial charge in [-0.3, -0.25) is 9.59 Å². The highest BCUT2D eigenvalue weighted by atomic mass is 16.6. The Morgan fingerprint density at radius 1 is 0.534 bits per heavy atom. The van der Waals surface area contributed by atoms with Crippen molar-refractivity contribution in [3.05, 3.63) is 109 Å². The van der Waals surface area contributed by atoms with Crippen LogP contribution in [0.25, 0.3) is 0 Å². The van der Waals surface area contributed by atoms with Crippen LogP contribution >= 0.6 is 0 Å². The molecule has 8 heteroatoms. The predicted octanol–water partition coefficient (Wildman–Crippen LogP) is 10.7. The number of hydrogen-bond acceptors (Lipinski definition) is 7. The van der Waals surface area contributed by atoms with E-state index in [1.807, 2.05) is 12.2 Å². The van der Waals surface area contributed by atoms with E-state index in [4.69, 9.17) is 14.2 Å². The summed E-state index contributed by atoms with van der Waals surface area (Å²) < 4.78 is 17.1. The van der Waals surface area contributed by atoms with Crippen LogP contribution in [0.2, 0.25) is 0 Å².